The Morgan fingerprint density at radius 2 is 0.655 bits per heavy atom. The van der Waals surface area contributed by atoms with Crippen molar-refractivity contribution in [3.63, 3.8) is 0 Å². The number of aliphatic carboxylic acids is 1. The molecule has 0 aliphatic heterocycles. The first-order valence-corrected chi connectivity index (χ1v) is 46.2. The monoisotopic (exact) mass is 1930 g/mol. The number of rotatable bonds is 19. The molecule has 0 saturated heterocycles. The number of primary sulfonamides is 1. The smallest absolute Gasteiger partial charge is 0.870 e. The normalized spacial score (nSPS) is 10.7. The minimum Gasteiger partial charge on any atom is -0.870 e. The predicted molar refractivity (Wildman–Crippen MR) is 566 cm³/mol. The molecule has 0 aliphatic carbocycles. The van der Waals surface area contributed by atoms with E-state index in [9.17, 15) is 46.8 Å². The number of para-hydroxylation sites is 10. The molecule has 142 heavy (non-hydrogen) atoms. The average Bonchev–Trinajstić information content (AvgIpc) is 1.64. The fourth-order valence-corrected chi connectivity index (χ4v) is 17.3. The largest absolute Gasteiger partial charge is 1.00 e. The number of imidazole rings is 5. The molecule has 0 atom stereocenters. The van der Waals surface area contributed by atoms with E-state index in [-0.39, 0.29) is 102 Å². The van der Waals surface area contributed by atoms with Gasteiger partial charge in [0.15, 0.2) is 0 Å². The Kier molecular flexibility index (Phi) is 37.1. The molecule has 0 unspecified atom stereocenters. The molecule has 716 valence electrons. The first-order valence-electron chi connectivity index (χ1n) is 44.6. The maximum absolute atomic E-state index is 13.1. The van der Waals surface area contributed by atoms with E-state index in [0.717, 1.165) is 127 Å². The number of H-pyrrole nitrogens is 2. The molecule has 21 rings (SSSR count). The van der Waals surface area contributed by atoms with Crippen LogP contribution in [0, 0.1) is 0 Å². The zero-order chi connectivity index (χ0) is 98.2. The summed E-state index contributed by atoms with van der Waals surface area (Å²) in [5.41, 5.74) is 15.0. The molecule has 0 radical (unpaired) electrons. The summed E-state index contributed by atoms with van der Waals surface area (Å²) in [7, 11) is -0.837. The number of aryl methyl sites for hydroxylation is 2. The standard InChI is InChI=1S/C22H20N2O3.C21H18N2O3.C21H18N2O.C18H14N2O.C11H10O.C10H10N2O.C6H7NO2S.C4H6O2.ClH.Li.H2O/c1-27-21(25)13-14-23-19-11-4-5-12-20(19)24(22(23)26)15-17-9-6-8-16-7-2-3-10-18(16)17;24-20(25)12-13-22-18-10-3-4-11-19(18)23(21(22)26)14-16-8-5-7-15-6-1-2-9-17(15)16;1-15(2)23-20-13-6-5-12-19(20)22(21(23)24)14-17-10-7-9-16-8-3-4-11-18(16)17;21-18-19-16-10-3-4-11-17(16)20(18)12-14-8-5-7-13-6-1-2-9-15(13)14;12-8-10-6-3-5-9-4-1-2-7-11(9)10;1-7(2)12-9-6-4-3-5-8(9)11-10(12)13;7-10(8,9)6-4-2-1-3-5-6;1-3-4(5)6-2;;;/h2-12H,13-15H2,1H3;1-11H,12-14H2,(H,24,25);3-13H,1,14H2,2H3;1-11H,12H2,(H,19,21);1-7,12H,8H2;3-6H,1H2,2H3,(H,11,13);1-5H,(H2,7,8,9);3H,1H2,2H3;1H;;1H2/q;;;;;;;;;+1;/p-1. The zero-order valence-electron chi connectivity index (χ0n) is 78.9. The van der Waals surface area contributed by atoms with Crippen LogP contribution in [0.4, 0.5) is 0 Å². The Hall–Kier alpha value is -16.5. The number of sulfonamides is 1. The van der Waals surface area contributed by atoms with E-state index in [2.05, 4.69) is 138 Å². The van der Waals surface area contributed by atoms with E-state index in [1.165, 1.54) is 53.3 Å². The van der Waals surface area contributed by atoms with Crippen LogP contribution in [0.5, 0.6) is 0 Å². The van der Waals surface area contributed by atoms with Crippen LogP contribution in [0.1, 0.15) is 54.5 Å². The second kappa shape index (κ2) is 49.7. The van der Waals surface area contributed by atoms with Gasteiger partial charge >= 0.3 is 65.2 Å². The summed E-state index contributed by atoms with van der Waals surface area (Å²) >= 11 is 0. The first kappa shape index (κ1) is 106. The third-order valence-corrected chi connectivity index (χ3v) is 24.3. The van der Waals surface area contributed by atoms with Crippen LogP contribution in [0.3, 0.4) is 0 Å². The number of nitrogens with one attached hydrogen (secondary N) is 2. The molecule has 21 aromatic rings. The number of aliphatic hydroxyl groups is 1. The van der Waals surface area contributed by atoms with Crippen molar-refractivity contribution in [2.75, 3.05) is 14.2 Å². The Morgan fingerprint density at radius 1 is 0.359 bits per heavy atom. The van der Waals surface area contributed by atoms with E-state index >= 15 is 0 Å². The Balaban J connectivity index is 0.000000159. The third-order valence-electron chi connectivity index (χ3n) is 23.4. The van der Waals surface area contributed by atoms with Crippen LogP contribution in [0.25, 0.3) is 120 Å². The van der Waals surface area contributed by atoms with Gasteiger partial charge in [0.25, 0.3) is 0 Å². The number of aliphatic hydroxyl groups excluding tert-OH is 1. The molecule has 26 nitrogen and oxygen atoms in total. The number of nitrogens with two attached hydrogens (primary N) is 1. The Morgan fingerprint density at radius 3 is 1.01 bits per heavy atom. The van der Waals surface area contributed by atoms with E-state index in [1.54, 1.807) is 50.2 Å². The number of carbonyl (C=O) groups is 3. The minimum absolute atomic E-state index is 0. The fourth-order valence-electron chi connectivity index (χ4n) is 16.7. The number of esters is 2. The van der Waals surface area contributed by atoms with Crippen LogP contribution in [-0.4, -0.2) is 103 Å². The van der Waals surface area contributed by atoms with Gasteiger partial charge in [-0.2, -0.15) is 0 Å². The van der Waals surface area contributed by atoms with Crippen molar-refractivity contribution in [2.45, 2.75) is 77.5 Å². The third kappa shape index (κ3) is 25.1. The number of nitrogens with zero attached hydrogens (tertiary/aromatic N) is 8. The first-order chi connectivity index (χ1) is 67.4. The molecule has 0 fully saturated rings. The summed E-state index contributed by atoms with van der Waals surface area (Å²) in [6.07, 6.45) is 1.20. The number of carboxylic acids is 1. The summed E-state index contributed by atoms with van der Waals surface area (Å²) in [5, 5.41) is 34.5. The molecule has 0 saturated carbocycles. The van der Waals surface area contributed by atoms with Gasteiger partial charge in [0.1, 0.15) is 0 Å². The number of hydrogen-bond acceptors (Lipinski definition) is 14. The van der Waals surface area contributed by atoms with Crippen molar-refractivity contribution in [1.82, 2.24) is 46.5 Å². The molecule has 0 aliphatic rings. The van der Waals surface area contributed by atoms with Crippen LogP contribution in [0.15, 0.2) is 419 Å². The van der Waals surface area contributed by atoms with Crippen LogP contribution in [0.2, 0.25) is 0 Å². The van der Waals surface area contributed by atoms with E-state index in [1.807, 2.05) is 249 Å². The van der Waals surface area contributed by atoms with Crippen molar-refractivity contribution < 1.29 is 66.8 Å². The molecule has 16 aromatic carbocycles. The molecule has 0 spiro atoms. The summed E-state index contributed by atoms with van der Waals surface area (Å²) < 4.78 is 43.6. The molecule has 0 bridgehead atoms. The number of aromatic amines is 2. The second-order valence-electron chi connectivity index (χ2n) is 32.4. The number of hydrogen-bond donors (Lipinski definition) is 5. The van der Waals surface area contributed by atoms with E-state index in [0.29, 0.717) is 32.7 Å². The number of halogens is 1. The topological polar surface area (TPSA) is 357 Å². The van der Waals surface area contributed by atoms with Gasteiger partial charge in [-0.15, -0.1) is 12.4 Å². The van der Waals surface area contributed by atoms with Gasteiger partial charge in [0.2, 0.25) is 10.0 Å². The van der Waals surface area contributed by atoms with Gasteiger partial charge in [-0.3, -0.25) is 46.1 Å². The number of benzene rings is 16. The Bertz CT molecular complexity index is 8530. The summed E-state index contributed by atoms with van der Waals surface area (Å²) in [6.45, 7) is 17.1. The van der Waals surface area contributed by atoms with Crippen LogP contribution in [-0.2, 0) is 79.8 Å². The number of allylic oxidation sites excluding steroid dienone is 2. The summed E-state index contributed by atoms with van der Waals surface area (Å²) in [6, 6.07) is 118. The van der Waals surface area contributed by atoms with E-state index < -0.39 is 22.0 Å². The van der Waals surface area contributed by atoms with Crippen molar-refractivity contribution in [3.05, 3.63) is 470 Å². The van der Waals surface area contributed by atoms with Gasteiger partial charge in [-0.05, 0) is 168 Å². The van der Waals surface area contributed by atoms with Crippen molar-refractivity contribution in [3.8, 4) is 0 Å². The number of methoxy groups -OCH3 is 2. The maximum atomic E-state index is 13.1. The molecule has 29 heteroatoms. The molecule has 5 heterocycles. The minimum atomic E-state index is -3.50. The van der Waals surface area contributed by atoms with Gasteiger partial charge in [-0.1, -0.05) is 311 Å². The average molecular weight is 1930 g/mol. The molecule has 7 N–H and O–H groups in total. The summed E-state index contributed by atoms with van der Waals surface area (Å²) in [5.74, 6) is -1.63. The van der Waals surface area contributed by atoms with Gasteiger partial charge in [0.05, 0.1) is 120 Å². The van der Waals surface area contributed by atoms with Gasteiger partial charge in [0, 0.05) is 30.6 Å². The number of ether oxygens (including phenoxy) is 2. The molecular weight excluding hydrogens is 1830 g/mol. The quantitative estimate of drug-likeness (QED) is 0.0285. The van der Waals surface area contributed by atoms with Crippen LogP contribution < -0.4 is 52.4 Å². The Labute approximate surface area is 835 Å². The molecular formula is C113H105ClLiN11O15S. The van der Waals surface area contributed by atoms with Crippen molar-refractivity contribution >= 4 is 161 Å². The van der Waals surface area contributed by atoms with Gasteiger partial charge in [-0.25, -0.2) is 42.3 Å². The van der Waals surface area contributed by atoms with E-state index in [4.69, 9.17) is 20.1 Å². The van der Waals surface area contributed by atoms with Gasteiger partial charge < -0.3 is 35.1 Å². The number of fused-ring (bicyclic) bond motifs is 10. The molecule has 0 amide bonds. The number of carbonyl (C=O) groups excluding carboxylic acids is 2. The number of carboxylic acid groups (broad SMARTS) is 1. The predicted octanol–water partition coefficient (Wildman–Crippen LogP) is 17.2. The second-order valence-corrected chi connectivity index (χ2v) is 34.0. The fraction of sp³-hybridized carbons (Fsp3) is 0.115. The van der Waals surface area contributed by atoms with Crippen molar-refractivity contribution in [1.29, 1.82) is 0 Å². The SMILES string of the molecule is C=C(C)n1c(=O)[nH]c2ccccc21.C=C(C)n1c(=O)n(Cc2cccc3ccccc23)c2ccccc21.C=CC(=O)OC.COC(=O)CCn1c(=O)n(Cc2cccc3ccccc23)c2ccccc21.Cl.NS(=O)(=O)c1ccccc1.O=C(O)CCn1c(=O)n(Cc2cccc3ccccc23)c2ccccc21.O=c1[nH]c2ccccc2n1Cc1cccc2ccccc12.OCc1cccc2ccccc12.[Li+].[OH-]. The summed E-state index contributed by atoms with van der Waals surface area (Å²) in [4.78, 5) is 101. The zero-order valence-corrected chi connectivity index (χ0v) is 80.5. The van der Waals surface area contributed by atoms with Crippen molar-refractivity contribution in [2.24, 2.45) is 5.14 Å². The number of aromatic nitrogens is 10. The maximum Gasteiger partial charge on any atom is 1.00 e. The van der Waals surface area contributed by atoms with Crippen LogP contribution >= 0.6 is 12.4 Å². The molecule has 5 aromatic heterocycles.